The average Bonchev–Trinajstić information content (AvgIpc) is 2.91. The van der Waals surface area contributed by atoms with Gasteiger partial charge in [-0.25, -0.2) is 9.78 Å². The molecule has 2 rings (SSSR count). The van der Waals surface area contributed by atoms with Gasteiger partial charge in [0.25, 0.3) is 0 Å². The zero-order valence-electron chi connectivity index (χ0n) is 13.2. The monoisotopic (exact) mass is 318 g/mol. The first-order chi connectivity index (χ1) is 10.5. The van der Waals surface area contributed by atoms with Gasteiger partial charge in [0.1, 0.15) is 9.88 Å². The molecule has 0 radical (unpaired) electrons. The van der Waals surface area contributed by atoms with E-state index >= 15 is 0 Å². The summed E-state index contributed by atoms with van der Waals surface area (Å²) >= 11 is 1.30. The van der Waals surface area contributed by atoms with E-state index in [2.05, 4.69) is 35.9 Å². The number of carbonyl (C=O) groups is 1. The highest BCUT2D eigenvalue weighted by Crippen LogP contribution is 2.22. The fourth-order valence-electron chi connectivity index (χ4n) is 2.29. The van der Waals surface area contributed by atoms with Gasteiger partial charge >= 0.3 is 5.97 Å². The normalized spacial score (nSPS) is 11.3. The zero-order chi connectivity index (χ0) is 16.1. The summed E-state index contributed by atoms with van der Waals surface area (Å²) in [6, 6.07) is 10.7. The Kier molecular flexibility index (Phi) is 5.69. The maximum atomic E-state index is 11.3. The first-order valence-corrected chi connectivity index (χ1v) is 8.32. The molecule has 22 heavy (non-hydrogen) atoms. The van der Waals surface area contributed by atoms with Gasteiger partial charge in [-0.2, -0.15) is 0 Å². The van der Waals surface area contributed by atoms with Crippen LogP contribution in [0.4, 0.5) is 0 Å². The molecule has 0 fully saturated rings. The molecule has 2 aromatic rings. The van der Waals surface area contributed by atoms with Crippen LogP contribution in [0.25, 0.3) is 0 Å². The van der Waals surface area contributed by atoms with E-state index < -0.39 is 5.97 Å². The smallest absolute Gasteiger partial charge is 0.347 e. The number of nitrogens with zero attached hydrogens (tertiary/aromatic N) is 2. The van der Waals surface area contributed by atoms with Crippen LogP contribution in [0.2, 0.25) is 0 Å². The summed E-state index contributed by atoms with van der Waals surface area (Å²) in [5.41, 5.74) is 1.94. The second-order valence-electron chi connectivity index (χ2n) is 5.53. The molecule has 0 spiro atoms. The fraction of sp³-hybridized carbons (Fsp3) is 0.412. The van der Waals surface area contributed by atoms with Crippen molar-refractivity contribution in [2.75, 3.05) is 0 Å². The van der Waals surface area contributed by atoms with Gasteiger partial charge in [-0.15, -0.1) is 11.3 Å². The van der Waals surface area contributed by atoms with E-state index in [1.54, 1.807) is 0 Å². The number of aromatic carboxylic acids is 1. The minimum absolute atomic E-state index is 0.363. The fourth-order valence-corrected chi connectivity index (χ4v) is 3.30. The van der Waals surface area contributed by atoms with Gasteiger partial charge in [0.15, 0.2) is 0 Å². The molecule has 0 saturated heterocycles. The topological polar surface area (TPSA) is 53.4 Å². The summed E-state index contributed by atoms with van der Waals surface area (Å²) in [5.74, 6) is -0.875. The van der Waals surface area contributed by atoms with Crippen molar-refractivity contribution in [1.82, 2.24) is 9.88 Å². The van der Waals surface area contributed by atoms with E-state index in [1.807, 2.05) is 25.1 Å². The number of hydrogen-bond donors (Lipinski definition) is 1. The van der Waals surface area contributed by atoms with Crippen LogP contribution < -0.4 is 0 Å². The Morgan fingerprint density at radius 1 is 1.27 bits per heavy atom. The largest absolute Gasteiger partial charge is 0.477 e. The van der Waals surface area contributed by atoms with Gasteiger partial charge in [-0.05, 0) is 25.8 Å². The van der Waals surface area contributed by atoms with Gasteiger partial charge in [0, 0.05) is 12.6 Å². The lowest BCUT2D eigenvalue weighted by Gasteiger charge is -2.25. The van der Waals surface area contributed by atoms with Crippen LogP contribution in [0, 0.1) is 0 Å². The first-order valence-electron chi connectivity index (χ1n) is 7.51. The molecule has 0 unspecified atom stereocenters. The summed E-state index contributed by atoms with van der Waals surface area (Å²) in [7, 11) is 0. The lowest BCUT2D eigenvalue weighted by Crippen LogP contribution is -2.29. The van der Waals surface area contributed by atoms with Crippen molar-refractivity contribution in [2.24, 2.45) is 0 Å². The Morgan fingerprint density at radius 3 is 2.45 bits per heavy atom. The van der Waals surface area contributed by atoms with E-state index in [0.29, 0.717) is 29.6 Å². The first kappa shape index (κ1) is 16.6. The molecular formula is C17H22N2O2S. The highest BCUT2D eigenvalue weighted by Gasteiger charge is 2.19. The molecule has 0 saturated carbocycles. The summed E-state index contributed by atoms with van der Waals surface area (Å²) in [4.78, 5) is 18.5. The molecule has 1 N–H and O–H groups in total. The van der Waals surface area contributed by atoms with Crippen LogP contribution in [-0.4, -0.2) is 27.0 Å². The van der Waals surface area contributed by atoms with Crippen molar-refractivity contribution < 1.29 is 9.90 Å². The number of aromatic nitrogens is 1. The molecule has 5 heteroatoms. The third kappa shape index (κ3) is 4.15. The predicted molar refractivity (Wildman–Crippen MR) is 89.3 cm³/mol. The highest BCUT2D eigenvalue weighted by molar-refractivity contribution is 7.13. The predicted octanol–water partition coefficient (Wildman–Crippen LogP) is 3.81. The van der Waals surface area contributed by atoms with E-state index in [0.717, 1.165) is 11.6 Å². The molecule has 4 nitrogen and oxygen atoms in total. The molecule has 0 aliphatic heterocycles. The Hall–Kier alpha value is -1.72. The minimum atomic E-state index is -0.875. The lowest BCUT2D eigenvalue weighted by molar-refractivity contribution is 0.0701. The van der Waals surface area contributed by atoms with Gasteiger partial charge in [-0.1, -0.05) is 37.3 Å². The van der Waals surface area contributed by atoms with Crippen LogP contribution >= 0.6 is 11.3 Å². The summed E-state index contributed by atoms with van der Waals surface area (Å²) < 4.78 is 0. The van der Waals surface area contributed by atoms with E-state index in [4.69, 9.17) is 0 Å². The maximum absolute atomic E-state index is 11.3. The van der Waals surface area contributed by atoms with Crippen molar-refractivity contribution in [3.05, 3.63) is 51.5 Å². The standard InChI is InChI=1S/C17H22N2O2S/c1-4-14-16(17(20)21)22-15(18-14)11-19(12(2)3)10-13-8-6-5-7-9-13/h5-9,12H,4,10-11H2,1-3H3,(H,20,21). The summed E-state index contributed by atoms with van der Waals surface area (Å²) in [6.07, 6.45) is 0.651. The third-order valence-corrected chi connectivity index (χ3v) is 4.64. The minimum Gasteiger partial charge on any atom is -0.477 e. The molecule has 0 aliphatic carbocycles. The van der Waals surface area contributed by atoms with Crippen molar-refractivity contribution in [2.45, 2.75) is 46.3 Å². The van der Waals surface area contributed by atoms with Crippen molar-refractivity contribution in [3.63, 3.8) is 0 Å². The van der Waals surface area contributed by atoms with Crippen LogP contribution in [-0.2, 0) is 19.5 Å². The van der Waals surface area contributed by atoms with Crippen LogP contribution in [0.3, 0.4) is 0 Å². The number of thiazole rings is 1. The Balaban J connectivity index is 2.16. The van der Waals surface area contributed by atoms with Crippen molar-refractivity contribution in [3.8, 4) is 0 Å². The Bertz CT molecular complexity index is 623. The zero-order valence-corrected chi connectivity index (χ0v) is 14.1. The molecule has 1 aromatic carbocycles. The maximum Gasteiger partial charge on any atom is 0.347 e. The van der Waals surface area contributed by atoms with Crippen LogP contribution in [0.15, 0.2) is 30.3 Å². The molecule has 1 aromatic heterocycles. The Labute approximate surface area is 135 Å². The molecule has 1 heterocycles. The molecule has 0 amide bonds. The van der Waals surface area contributed by atoms with Gasteiger partial charge in [0.2, 0.25) is 0 Å². The van der Waals surface area contributed by atoms with Crippen LogP contribution in [0.1, 0.15) is 46.7 Å². The highest BCUT2D eigenvalue weighted by atomic mass is 32.1. The summed E-state index contributed by atoms with van der Waals surface area (Å²) in [5, 5.41) is 10.1. The number of hydrogen-bond acceptors (Lipinski definition) is 4. The van der Waals surface area contributed by atoms with Gasteiger partial charge in [-0.3, -0.25) is 4.90 Å². The van der Waals surface area contributed by atoms with E-state index in [9.17, 15) is 9.90 Å². The molecule has 0 aliphatic rings. The Morgan fingerprint density at radius 2 is 1.95 bits per heavy atom. The van der Waals surface area contributed by atoms with Crippen molar-refractivity contribution >= 4 is 17.3 Å². The molecule has 0 atom stereocenters. The van der Waals surface area contributed by atoms with Gasteiger partial charge < -0.3 is 5.11 Å². The summed E-state index contributed by atoms with van der Waals surface area (Å²) in [6.45, 7) is 7.75. The number of aryl methyl sites for hydroxylation is 1. The number of carboxylic acids is 1. The second-order valence-corrected chi connectivity index (χ2v) is 6.61. The second kappa shape index (κ2) is 7.51. The SMILES string of the molecule is CCc1nc(CN(Cc2ccccc2)C(C)C)sc1C(=O)O. The average molecular weight is 318 g/mol. The van der Waals surface area contributed by atoms with E-state index in [1.165, 1.54) is 16.9 Å². The van der Waals surface area contributed by atoms with Gasteiger partial charge in [0.05, 0.1) is 12.2 Å². The molecule has 118 valence electrons. The molecule has 0 bridgehead atoms. The number of carboxylic acid groups (broad SMARTS) is 1. The molecular weight excluding hydrogens is 296 g/mol. The third-order valence-electron chi connectivity index (χ3n) is 3.57. The van der Waals surface area contributed by atoms with Crippen molar-refractivity contribution in [1.29, 1.82) is 0 Å². The number of rotatable bonds is 7. The quantitative estimate of drug-likeness (QED) is 0.843. The van der Waals surface area contributed by atoms with E-state index in [-0.39, 0.29) is 0 Å². The lowest BCUT2D eigenvalue weighted by atomic mass is 10.2. The number of benzene rings is 1. The van der Waals surface area contributed by atoms with Crippen LogP contribution in [0.5, 0.6) is 0 Å².